The minimum atomic E-state index is -4.59. The van der Waals surface area contributed by atoms with Gasteiger partial charge in [0.2, 0.25) is 15.8 Å². The molecule has 0 atom stereocenters. The number of fused-ring (bicyclic) bond motifs is 1. The van der Waals surface area contributed by atoms with Crippen molar-refractivity contribution in [2.75, 3.05) is 18.2 Å². The first-order valence-electron chi connectivity index (χ1n) is 6.29. The number of unbranched alkanes of at least 4 members (excludes halogenated alkanes) is 1. The highest BCUT2D eigenvalue weighted by Crippen LogP contribution is 2.29. The highest BCUT2D eigenvalue weighted by Gasteiger charge is 2.40. The molecule has 0 bridgehead atoms. The average molecular weight is 347 g/mol. The molecule has 2 rings (SSSR count). The molecule has 0 aromatic carbocycles. The monoisotopic (exact) mass is 346 g/mol. The minimum Gasteiger partial charge on any atom is -0.305 e. The van der Waals surface area contributed by atoms with Gasteiger partial charge in [-0.3, -0.25) is 0 Å². The summed E-state index contributed by atoms with van der Waals surface area (Å²) in [7, 11) is -3.51. The molecule has 0 N–H and O–H groups in total. The van der Waals surface area contributed by atoms with Crippen molar-refractivity contribution in [1.29, 1.82) is 0 Å². The molecule has 1 aromatic rings. The maximum Gasteiger partial charge on any atom is 0.451 e. The first-order valence-corrected chi connectivity index (χ1v) is 8.43. The highest BCUT2D eigenvalue weighted by atomic mass is 35.5. The van der Waals surface area contributed by atoms with E-state index in [1.807, 2.05) is 0 Å². The Labute approximate surface area is 124 Å². The quantitative estimate of drug-likeness (QED) is 0.598. The van der Waals surface area contributed by atoms with E-state index in [0.717, 1.165) is 8.87 Å². The summed E-state index contributed by atoms with van der Waals surface area (Å²) in [4.78, 5) is 0. The van der Waals surface area contributed by atoms with Gasteiger partial charge in [-0.1, -0.05) is 0 Å². The Hall–Kier alpha value is -0.870. The smallest absolute Gasteiger partial charge is 0.305 e. The molecule has 0 unspecified atom stereocenters. The normalized spacial score (nSPS) is 17.0. The zero-order chi connectivity index (χ0) is 15.7. The number of aromatic nitrogens is 3. The van der Waals surface area contributed by atoms with Crippen LogP contribution in [0.4, 0.5) is 13.2 Å². The maximum atomic E-state index is 12.7. The number of nitrogens with zero attached hydrogens (tertiary/aromatic N) is 4. The Morgan fingerprint density at radius 2 is 1.90 bits per heavy atom. The van der Waals surface area contributed by atoms with E-state index in [1.54, 1.807) is 0 Å². The third-order valence-corrected chi connectivity index (χ3v) is 5.32. The van der Waals surface area contributed by atoms with E-state index in [2.05, 4.69) is 10.2 Å². The third-order valence-electron chi connectivity index (χ3n) is 3.15. The van der Waals surface area contributed by atoms with Crippen LogP contribution in [0.5, 0.6) is 0 Å². The standard InChI is InChI=1S/C10H14ClF3N4O2S/c11-3-1-2-6-21(19,20)17-4-5-18-8(7-17)15-16-9(18)10(12,13)14/h1-7H2. The van der Waals surface area contributed by atoms with E-state index in [9.17, 15) is 21.6 Å². The van der Waals surface area contributed by atoms with E-state index < -0.39 is 22.0 Å². The lowest BCUT2D eigenvalue weighted by Crippen LogP contribution is -2.40. The molecule has 1 aliphatic rings. The number of halogens is 4. The van der Waals surface area contributed by atoms with Crippen molar-refractivity contribution in [1.82, 2.24) is 19.1 Å². The lowest BCUT2D eigenvalue weighted by Gasteiger charge is -2.27. The van der Waals surface area contributed by atoms with Gasteiger partial charge in [0, 0.05) is 19.0 Å². The summed E-state index contributed by atoms with van der Waals surface area (Å²) in [6.07, 6.45) is -3.60. The van der Waals surface area contributed by atoms with Crippen LogP contribution in [0.15, 0.2) is 0 Å². The lowest BCUT2D eigenvalue weighted by molar-refractivity contribution is -0.147. The molecule has 120 valence electrons. The van der Waals surface area contributed by atoms with Crippen LogP contribution >= 0.6 is 11.6 Å². The molecule has 0 amide bonds. The predicted octanol–water partition coefficient (Wildman–Crippen LogP) is 1.46. The topological polar surface area (TPSA) is 68.1 Å². The van der Waals surface area contributed by atoms with Gasteiger partial charge in [-0.05, 0) is 12.8 Å². The van der Waals surface area contributed by atoms with Gasteiger partial charge in [0.05, 0.1) is 12.3 Å². The predicted molar refractivity (Wildman–Crippen MR) is 69.2 cm³/mol. The maximum absolute atomic E-state index is 12.7. The third kappa shape index (κ3) is 3.67. The first kappa shape index (κ1) is 16.5. The van der Waals surface area contributed by atoms with Crippen molar-refractivity contribution in [3.63, 3.8) is 0 Å². The summed E-state index contributed by atoms with van der Waals surface area (Å²) in [6.45, 7) is -0.310. The molecule has 0 radical (unpaired) electrons. The summed E-state index contributed by atoms with van der Waals surface area (Å²) in [5.74, 6) is -0.773. The van der Waals surface area contributed by atoms with Crippen LogP contribution in [-0.2, 0) is 29.3 Å². The van der Waals surface area contributed by atoms with Crippen LogP contribution in [0.1, 0.15) is 24.5 Å². The minimum absolute atomic E-state index is 0.00879. The molecule has 0 fully saturated rings. The molecule has 6 nitrogen and oxygen atoms in total. The Bertz CT molecular complexity index is 602. The van der Waals surface area contributed by atoms with Crippen LogP contribution in [-0.4, -0.2) is 45.7 Å². The van der Waals surface area contributed by atoms with Crippen molar-refractivity contribution in [3.8, 4) is 0 Å². The molecular formula is C10H14ClF3N4O2S. The Kier molecular flexibility index (Phi) is 4.79. The van der Waals surface area contributed by atoms with Crippen molar-refractivity contribution < 1.29 is 21.6 Å². The van der Waals surface area contributed by atoms with Gasteiger partial charge in [-0.25, -0.2) is 8.42 Å². The fourth-order valence-corrected chi connectivity index (χ4v) is 3.78. The van der Waals surface area contributed by atoms with E-state index in [0.29, 0.717) is 18.7 Å². The van der Waals surface area contributed by atoms with Gasteiger partial charge in [0.1, 0.15) is 5.82 Å². The van der Waals surface area contributed by atoms with E-state index in [4.69, 9.17) is 11.6 Å². The van der Waals surface area contributed by atoms with Crippen LogP contribution in [0, 0.1) is 0 Å². The molecule has 11 heteroatoms. The van der Waals surface area contributed by atoms with E-state index in [-0.39, 0.29) is 31.2 Å². The van der Waals surface area contributed by atoms with Gasteiger partial charge >= 0.3 is 6.18 Å². The Morgan fingerprint density at radius 3 is 2.52 bits per heavy atom. The van der Waals surface area contributed by atoms with Gasteiger partial charge in [-0.2, -0.15) is 17.5 Å². The summed E-state index contributed by atoms with van der Waals surface area (Å²) in [5.41, 5.74) is 0. The molecule has 0 saturated carbocycles. The highest BCUT2D eigenvalue weighted by molar-refractivity contribution is 7.89. The first-order chi connectivity index (χ1) is 9.75. The molecule has 0 aliphatic carbocycles. The zero-order valence-electron chi connectivity index (χ0n) is 11.0. The van der Waals surface area contributed by atoms with Crippen LogP contribution in [0.25, 0.3) is 0 Å². The molecular weight excluding hydrogens is 333 g/mol. The molecule has 1 aliphatic heterocycles. The van der Waals surface area contributed by atoms with Gasteiger partial charge < -0.3 is 4.57 Å². The summed E-state index contributed by atoms with van der Waals surface area (Å²) >= 11 is 5.49. The Morgan fingerprint density at radius 1 is 1.19 bits per heavy atom. The van der Waals surface area contributed by atoms with Crippen LogP contribution in [0.3, 0.4) is 0 Å². The summed E-state index contributed by atoms with van der Waals surface area (Å²) in [6, 6.07) is 0. The fraction of sp³-hybridized carbons (Fsp3) is 0.800. The van der Waals surface area contributed by atoms with Gasteiger partial charge in [0.25, 0.3) is 0 Å². The number of hydrogen-bond acceptors (Lipinski definition) is 4. The number of rotatable bonds is 5. The molecule has 21 heavy (non-hydrogen) atoms. The number of alkyl halides is 4. The number of sulfonamides is 1. The van der Waals surface area contributed by atoms with Crippen LogP contribution < -0.4 is 0 Å². The zero-order valence-corrected chi connectivity index (χ0v) is 12.5. The van der Waals surface area contributed by atoms with Crippen molar-refractivity contribution in [2.45, 2.75) is 32.1 Å². The van der Waals surface area contributed by atoms with Crippen molar-refractivity contribution in [2.24, 2.45) is 0 Å². The summed E-state index contributed by atoms with van der Waals surface area (Å²) in [5, 5.41) is 6.56. The fourth-order valence-electron chi connectivity index (χ4n) is 2.09. The second kappa shape index (κ2) is 6.09. The van der Waals surface area contributed by atoms with Crippen LogP contribution in [0.2, 0.25) is 0 Å². The second-order valence-corrected chi connectivity index (χ2v) is 7.10. The van der Waals surface area contributed by atoms with Gasteiger partial charge in [0.15, 0.2) is 0 Å². The average Bonchev–Trinajstić information content (AvgIpc) is 2.81. The second-order valence-electron chi connectivity index (χ2n) is 4.63. The molecule has 2 heterocycles. The molecule has 0 spiro atoms. The lowest BCUT2D eigenvalue weighted by atomic mass is 10.4. The van der Waals surface area contributed by atoms with Crippen molar-refractivity contribution >= 4 is 21.6 Å². The largest absolute Gasteiger partial charge is 0.451 e. The SMILES string of the molecule is O=S(=O)(CCCCCl)N1CCn2c(nnc2C(F)(F)F)C1. The molecule has 1 aromatic heterocycles. The molecule has 0 saturated heterocycles. The van der Waals surface area contributed by atoms with E-state index >= 15 is 0 Å². The van der Waals surface area contributed by atoms with Gasteiger partial charge in [-0.15, -0.1) is 21.8 Å². The van der Waals surface area contributed by atoms with E-state index in [1.165, 1.54) is 0 Å². The summed E-state index contributed by atoms with van der Waals surface area (Å²) < 4.78 is 64.3. The van der Waals surface area contributed by atoms with Crippen molar-refractivity contribution in [3.05, 3.63) is 11.6 Å². The Balaban J connectivity index is 2.12. The number of hydrogen-bond donors (Lipinski definition) is 0.